The monoisotopic (exact) mass is 333 g/mol. The van der Waals surface area contributed by atoms with E-state index in [1.165, 1.54) is 14.2 Å². The molecule has 1 amide bonds. The Balaban J connectivity index is 2.26. The van der Waals surface area contributed by atoms with Gasteiger partial charge in [0.25, 0.3) is 0 Å². The molecule has 0 radical (unpaired) electrons. The molecule has 0 aliphatic carbocycles. The van der Waals surface area contributed by atoms with E-state index in [1.54, 1.807) is 17.0 Å². The lowest BCUT2D eigenvalue weighted by Gasteiger charge is -2.29. The van der Waals surface area contributed by atoms with Gasteiger partial charge in [-0.15, -0.1) is 11.6 Å². The summed E-state index contributed by atoms with van der Waals surface area (Å²) in [5.41, 5.74) is 0.507. The van der Waals surface area contributed by atoms with Crippen LogP contribution in [0.4, 0.5) is 0 Å². The molecule has 1 aromatic rings. The Morgan fingerprint density at radius 2 is 1.95 bits per heavy atom. The van der Waals surface area contributed by atoms with E-state index in [0.29, 0.717) is 48.4 Å². The molecular weight excluding hydrogens is 317 g/mol. The van der Waals surface area contributed by atoms with Crippen molar-refractivity contribution in [3.8, 4) is 11.5 Å². The molecule has 0 aromatic heterocycles. The molecule has 1 aliphatic heterocycles. The third kappa shape index (κ3) is 3.36. The van der Waals surface area contributed by atoms with Crippen molar-refractivity contribution in [2.45, 2.75) is 5.38 Å². The topological polar surface area (TPSA) is 48.0 Å². The number of alkyl halides is 1. The second-order valence-corrected chi connectivity index (χ2v) is 5.32. The molecular formula is C14H17Cl2NO4. The van der Waals surface area contributed by atoms with Crippen LogP contribution in [-0.2, 0) is 9.53 Å². The van der Waals surface area contributed by atoms with Crippen LogP contribution in [0.1, 0.15) is 10.9 Å². The summed E-state index contributed by atoms with van der Waals surface area (Å²) in [4.78, 5) is 14.1. The van der Waals surface area contributed by atoms with E-state index < -0.39 is 5.38 Å². The second kappa shape index (κ2) is 7.20. The lowest BCUT2D eigenvalue weighted by molar-refractivity contribution is -0.134. The van der Waals surface area contributed by atoms with Crippen LogP contribution in [0.15, 0.2) is 12.1 Å². The Morgan fingerprint density at radius 1 is 1.29 bits per heavy atom. The van der Waals surface area contributed by atoms with Crippen molar-refractivity contribution >= 4 is 29.1 Å². The molecule has 0 bridgehead atoms. The van der Waals surface area contributed by atoms with Crippen LogP contribution in [0.3, 0.4) is 0 Å². The van der Waals surface area contributed by atoms with Gasteiger partial charge in [-0.3, -0.25) is 4.79 Å². The molecule has 1 fully saturated rings. The molecule has 1 aliphatic rings. The Kier molecular flexibility index (Phi) is 5.56. The van der Waals surface area contributed by atoms with Crippen LogP contribution in [0.25, 0.3) is 0 Å². The SMILES string of the molecule is COc1ccc(C(Cl)C(=O)N2CCOCC2)c(Cl)c1OC. The molecule has 1 saturated heterocycles. The third-order valence-electron chi connectivity index (χ3n) is 3.33. The number of methoxy groups -OCH3 is 2. The Hall–Kier alpha value is -1.17. The van der Waals surface area contributed by atoms with Crippen LogP contribution in [0, 0.1) is 0 Å². The zero-order valence-electron chi connectivity index (χ0n) is 11.9. The lowest BCUT2D eigenvalue weighted by atomic mass is 10.1. The molecule has 1 heterocycles. The molecule has 21 heavy (non-hydrogen) atoms. The first kappa shape index (κ1) is 16.2. The number of carbonyl (C=O) groups is 1. The van der Waals surface area contributed by atoms with Crippen molar-refractivity contribution in [3.05, 3.63) is 22.7 Å². The highest BCUT2D eigenvalue weighted by Gasteiger charge is 2.28. The number of morpholine rings is 1. The molecule has 1 aromatic carbocycles. The third-order valence-corrected chi connectivity index (χ3v) is 4.14. The molecule has 5 nitrogen and oxygen atoms in total. The number of hydrogen-bond acceptors (Lipinski definition) is 4. The van der Waals surface area contributed by atoms with Gasteiger partial charge in [0, 0.05) is 18.7 Å². The van der Waals surface area contributed by atoms with Gasteiger partial charge in [-0.05, 0) is 6.07 Å². The first-order chi connectivity index (χ1) is 10.1. The first-order valence-electron chi connectivity index (χ1n) is 6.51. The van der Waals surface area contributed by atoms with Crippen molar-refractivity contribution in [3.63, 3.8) is 0 Å². The van der Waals surface area contributed by atoms with Crippen molar-refractivity contribution in [2.24, 2.45) is 0 Å². The number of halogens is 2. The average Bonchev–Trinajstić information content (AvgIpc) is 2.53. The number of ether oxygens (including phenoxy) is 3. The Labute approximate surface area is 133 Å². The van der Waals surface area contributed by atoms with E-state index in [0.717, 1.165) is 0 Å². The summed E-state index contributed by atoms with van der Waals surface area (Å²) in [7, 11) is 3.01. The number of benzene rings is 1. The summed E-state index contributed by atoms with van der Waals surface area (Å²) in [5, 5.41) is -0.575. The minimum absolute atomic E-state index is 0.186. The second-order valence-electron chi connectivity index (χ2n) is 4.50. The summed E-state index contributed by atoms with van der Waals surface area (Å²) < 4.78 is 15.6. The maximum atomic E-state index is 12.4. The van der Waals surface area contributed by atoms with Crippen molar-refractivity contribution in [2.75, 3.05) is 40.5 Å². The highest BCUT2D eigenvalue weighted by molar-refractivity contribution is 6.37. The van der Waals surface area contributed by atoms with Gasteiger partial charge in [-0.25, -0.2) is 0 Å². The predicted octanol–water partition coefficient (Wildman–Crippen LogP) is 2.50. The fourth-order valence-electron chi connectivity index (χ4n) is 2.18. The van der Waals surface area contributed by atoms with Gasteiger partial charge in [0.05, 0.1) is 32.5 Å². The quantitative estimate of drug-likeness (QED) is 0.794. The number of hydrogen-bond donors (Lipinski definition) is 0. The minimum atomic E-state index is -0.865. The standard InChI is InChI=1S/C14H17Cl2NO4/c1-19-10-4-3-9(11(15)13(10)20-2)12(16)14(18)17-5-7-21-8-6-17/h3-4,12H,5-8H2,1-2H3. The fraction of sp³-hybridized carbons (Fsp3) is 0.500. The molecule has 0 N–H and O–H groups in total. The summed E-state index contributed by atoms with van der Waals surface area (Å²) in [6, 6.07) is 3.36. The van der Waals surface area contributed by atoms with Crippen LogP contribution in [0.5, 0.6) is 11.5 Å². The van der Waals surface area contributed by atoms with Crippen LogP contribution in [0.2, 0.25) is 5.02 Å². The highest BCUT2D eigenvalue weighted by Crippen LogP contribution is 2.41. The van der Waals surface area contributed by atoms with E-state index in [2.05, 4.69) is 0 Å². The summed E-state index contributed by atoms with van der Waals surface area (Å²) >= 11 is 12.6. The molecule has 1 unspecified atom stereocenters. The maximum absolute atomic E-state index is 12.4. The maximum Gasteiger partial charge on any atom is 0.245 e. The van der Waals surface area contributed by atoms with Crippen LogP contribution < -0.4 is 9.47 Å². The van der Waals surface area contributed by atoms with Gasteiger partial charge in [-0.1, -0.05) is 17.7 Å². The number of carbonyl (C=O) groups excluding carboxylic acids is 1. The molecule has 116 valence electrons. The predicted molar refractivity (Wildman–Crippen MR) is 80.5 cm³/mol. The summed E-state index contributed by atoms with van der Waals surface area (Å²) in [5.74, 6) is 0.681. The Bertz CT molecular complexity index is 518. The zero-order chi connectivity index (χ0) is 15.4. The summed E-state index contributed by atoms with van der Waals surface area (Å²) in [6.07, 6.45) is 0. The molecule has 7 heteroatoms. The Morgan fingerprint density at radius 3 is 2.52 bits per heavy atom. The highest BCUT2D eigenvalue weighted by atomic mass is 35.5. The van der Waals surface area contributed by atoms with Crippen molar-refractivity contribution < 1.29 is 19.0 Å². The van der Waals surface area contributed by atoms with E-state index in [4.69, 9.17) is 37.4 Å². The smallest absolute Gasteiger partial charge is 0.245 e. The van der Waals surface area contributed by atoms with Gasteiger partial charge in [0.15, 0.2) is 11.5 Å². The van der Waals surface area contributed by atoms with Gasteiger partial charge < -0.3 is 19.1 Å². The summed E-state index contributed by atoms with van der Waals surface area (Å²) in [6.45, 7) is 2.12. The molecule has 0 saturated carbocycles. The number of rotatable bonds is 4. The van der Waals surface area contributed by atoms with Gasteiger partial charge in [0.1, 0.15) is 5.38 Å². The normalized spacial score (nSPS) is 16.5. The van der Waals surface area contributed by atoms with Crippen LogP contribution in [-0.4, -0.2) is 51.3 Å². The number of nitrogens with zero attached hydrogens (tertiary/aromatic N) is 1. The first-order valence-corrected chi connectivity index (χ1v) is 7.32. The van der Waals surface area contributed by atoms with Crippen molar-refractivity contribution in [1.29, 1.82) is 0 Å². The fourth-order valence-corrected chi connectivity index (χ4v) is 2.90. The zero-order valence-corrected chi connectivity index (χ0v) is 13.4. The van der Waals surface area contributed by atoms with E-state index in [9.17, 15) is 4.79 Å². The van der Waals surface area contributed by atoms with Gasteiger partial charge >= 0.3 is 0 Å². The van der Waals surface area contributed by atoms with Gasteiger partial charge in [0.2, 0.25) is 5.91 Å². The van der Waals surface area contributed by atoms with Crippen LogP contribution >= 0.6 is 23.2 Å². The average molecular weight is 334 g/mol. The number of amides is 1. The molecule has 2 rings (SSSR count). The lowest BCUT2D eigenvalue weighted by Crippen LogP contribution is -2.42. The van der Waals surface area contributed by atoms with E-state index in [1.807, 2.05) is 0 Å². The van der Waals surface area contributed by atoms with Crippen molar-refractivity contribution in [1.82, 2.24) is 4.90 Å². The van der Waals surface area contributed by atoms with E-state index >= 15 is 0 Å². The van der Waals surface area contributed by atoms with Gasteiger partial charge in [-0.2, -0.15) is 0 Å². The minimum Gasteiger partial charge on any atom is -0.493 e. The largest absolute Gasteiger partial charge is 0.493 e. The van der Waals surface area contributed by atoms with E-state index in [-0.39, 0.29) is 5.91 Å². The molecule has 1 atom stereocenters. The molecule has 0 spiro atoms.